The van der Waals surface area contributed by atoms with Gasteiger partial charge in [-0.1, -0.05) is 11.8 Å². The second kappa shape index (κ2) is 13.6. The van der Waals surface area contributed by atoms with Crippen molar-refractivity contribution in [2.24, 2.45) is 17.8 Å². The molecule has 286 valence electrons. The second-order valence-electron chi connectivity index (χ2n) is 15.6. The number of carbonyl (C=O) groups is 5. The van der Waals surface area contributed by atoms with E-state index in [4.69, 9.17) is 0 Å². The van der Waals surface area contributed by atoms with Crippen LogP contribution < -0.4 is 20.4 Å². The summed E-state index contributed by atoms with van der Waals surface area (Å²) in [4.78, 5) is 68.8. The molecule has 5 aliphatic rings. The largest absolute Gasteiger partial charge is 0.416 e. The molecule has 55 heavy (non-hydrogen) atoms. The third kappa shape index (κ3) is 6.94. The second-order valence-corrected chi connectivity index (χ2v) is 15.6. The van der Waals surface area contributed by atoms with Gasteiger partial charge in [0, 0.05) is 44.5 Å². The van der Waals surface area contributed by atoms with Gasteiger partial charge in [0.05, 0.1) is 45.7 Å². The van der Waals surface area contributed by atoms with E-state index in [9.17, 15) is 37.1 Å². The summed E-state index contributed by atoms with van der Waals surface area (Å²) in [6, 6.07) is 7.41. The van der Waals surface area contributed by atoms with Gasteiger partial charge in [-0.2, -0.15) is 18.3 Å². The van der Waals surface area contributed by atoms with Crippen molar-refractivity contribution in [2.75, 3.05) is 41.3 Å². The summed E-state index contributed by atoms with van der Waals surface area (Å²) in [7, 11) is 0. The minimum atomic E-state index is -4.51. The fourth-order valence-corrected chi connectivity index (χ4v) is 7.95. The molecule has 12 nitrogen and oxygen atoms in total. The van der Waals surface area contributed by atoms with Crippen molar-refractivity contribution >= 4 is 46.6 Å². The van der Waals surface area contributed by atoms with Gasteiger partial charge >= 0.3 is 6.18 Å². The molecule has 1 aromatic heterocycles. The van der Waals surface area contributed by atoms with E-state index < -0.39 is 52.9 Å². The number of rotatable bonds is 7. The van der Waals surface area contributed by atoms with E-state index in [2.05, 4.69) is 27.6 Å². The Bertz CT molecular complexity index is 2170. The normalized spacial score (nSPS) is 20.9. The number of hydrogen-bond donors (Lipinski definition) is 2. The summed E-state index contributed by atoms with van der Waals surface area (Å²) in [5.41, 5.74) is 0.479. The third-order valence-electron chi connectivity index (χ3n) is 11.5. The van der Waals surface area contributed by atoms with Crippen LogP contribution >= 0.6 is 0 Å². The van der Waals surface area contributed by atoms with Crippen molar-refractivity contribution in [1.82, 2.24) is 20.0 Å². The van der Waals surface area contributed by atoms with E-state index in [1.54, 1.807) is 44.4 Å². The zero-order chi connectivity index (χ0) is 38.8. The number of halogens is 3. The molecular weight excluding hydrogens is 715 g/mol. The molecule has 3 aromatic rings. The molecular formula is C40H40F3N7O5. The standard InChI is InChI=1S/C40H40F3N7O5/c1-39(2,38(55)45-31-10-7-27(40(41,42)43)17-33(31)47-15-13-26(14-16-47)25-5-6-25)49-22-23(19-44-49)3-4-24-20-48(21-24)28-8-9-29-30(18-28)37(54)50(36(29)53)32-11-12-34(51)46-35(32)52/h7-10,17-19,22,24-26,32H,5-6,11-16,20-21H2,1-2H3,(H,45,55)(H,46,51,52). The summed E-state index contributed by atoms with van der Waals surface area (Å²) in [5.74, 6) is 5.03. The zero-order valence-corrected chi connectivity index (χ0v) is 30.4. The summed E-state index contributed by atoms with van der Waals surface area (Å²) < 4.78 is 42.7. The molecule has 0 spiro atoms. The quantitative estimate of drug-likeness (QED) is 0.260. The summed E-state index contributed by atoms with van der Waals surface area (Å²) in [5, 5.41) is 9.48. The van der Waals surface area contributed by atoms with Crippen LogP contribution in [0.5, 0.6) is 0 Å². The van der Waals surface area contributed by atoms with Gasteiger partial charge in [0.15, 0.2) is 0 Å². The number of nitrogens with one attached hydrogen (secondary N) is 2. The topological polar surface area (TPSA) is 137 Å². The highest BCUT2D eigenvalue weighted by molar-refractivity contribution is 6.23. The van der Waals surface area contributed by atoms with Crippen LogP contribution in [-0.4, -0.2) is 76.4 Å². The van der Waals surface area contributed by atoms with Crippen LogP contribution in [0.2, 0.25) is 0 Å². The lowest BCUT2D eigenvalue weighted by Gasteiger charge is -2.38. The lowest BCUT2D eigenvalue weighted by atomic mass is 9.91. The molecule has 1 atom stereocenters. The Labute approximate surface area is 315 Å². The lowest BCUT2D eigenvalue weighted by Crippen LogP contribution is -2.54. The van der Waals surface area contributed by atoms with Gasteiger partial charge in [0.1, 0.15) is 11.6 Å². The average Bonchev–Trinajstić information content (AvgIpc) is 3.82. The number of imide groups is 2. The van der Waals surface area contributed by atoms with Crippen molar-refractivity contribution in [2.45, 2.75) is 70.1 Å². The van der Waals surface area contributed by atoms with Crippen LogP contribution in [0.3, 0.4) is 0 Å². The molecule has 4 fully saturated rings. The highest BCUT2D eigenvalue weighted by atomic mass is 19.4. The Morgan fingerprint density at radius 2 is 1.60 bits per heavy atom. The van der Waals surface area contributed by atoms with Crippen LogP contribution in [0.25, 0.3) is 0 Å². The number of benzene rings is 2. The van der Waals surface area contributed by atoms with E-state index in [-0.39, 0.29) is 29.9 Å². The van der Waals surface area contributed by atoms with Gasteiger partial charge in [0.2, 0.25) is 11.8 Å². The number of piperidine rings is 2. The van der Waals surface area contributed by atoms with Crippen molar-refractivity contribution in [3.8, 4) is 11.8 Å². The highest BCUT2D eigenvalue weighted by Gasteiger charge is 2.45. The van der Waals surface area contributed by atoms with E-state index in [1.165, 1.54) is 23.6 Å². The Morgan fingerprint density at radius 3 is 2.29 bits per heavy atom. The zero-order valence-electron chi connectivity index (χ0n) is 30.4. The number of fused-ring (bicyclic) bond motifs is 1. The Balaban J connectivity index is 0.899. The first kappa shape index (κ1) is 36.3. The number of hydrogen-bond acceptors (Lipinski definition) is 8. The molecule has 8 rings (SSSR count). The Hall–Kier alpha value is -5.65. The lowest BCUT2D eigenvalue weighted by molar-refractivity contribution is -0.138. The predicted octanol–water partition coefficient (Wildman–Crippen LogP) is 4.79. The first-order chi connectivity index (χ1) is 26.2. The summed E-state index contributed by atoms with van der Waals surface area (Å²) >= 11 is 0. The molecule has 1 aliphatic carbocycles. The fourth-order valence-electron chi connectivity index (χ4n) is 7.95. The van der Waals surface area contributed by atoms with Crippen molar-refractivity contribution in [1.29, 1.82) is 0 Å². The Kier molecular flexibility index (Phi) is 8.97. The van der Waals surface area contributed by atoms with Crippen LogP contribution in [0, 0.1) is 29.6 Å². The van der Waals surface area contributed by atoms with Gasteiger partial charge < -0.3 is 15.1 Å². The van der Waals surface area contributed by atoms with E-state index >= 15 is 0 Å². The van der Waals surface area contributed by atoms with Crippen LogP contribution in [0.15, 0.2) is 48.8 Å². The summed E-state index contributed by atoms with van der Waals surface area (Å²) in [6.07, 6.45) is 3.13. The molecule has 1 saturated carbocycles. The van der Waals surface area contributed by atoms with Crippen LogP contribution in [0.4, 0.5) is 30.2 Å². The van der Waals surface area contributed by atoms with Crippen LogP contribution in [-0.2, 0) is 26.1 Å². The number of anilines is 3. The number of nitrogens with zero attached hydrogens (tertiary/aromatic N) is 5. The summed E-state index contributed by atoms with van der Waals surface area (Å²) in [6.45, 7) is 5.77. The molecule has 1 unspecified atom stereocenters. The fraction of sp³-hybridized carbons (Fsp3) is 0.450. The molecule has 15 heteroatoms. The molecule has 4 aliphatic heterocycles. The SMILES string of the molecule is CC(C)(C(=O)Nc1ccc(C(F)(F)F)cc1N1CCC(C2CC2)CC1)n1cc(C#CC2CN(c3ccc4c(c3)C(=O)N(C3CCC(=O)NC3=O)C4=O)C2)cn1. The van der Waals surface area contributed by atoms with E-state index in [0.717, 1.165) is 41.5 Å². The first-order valence-electron chi connectivity index (χ1n) is 18.6. The molecule has 2 aromatic carbocycles. The molecule has 0 bridgehead atoms. The van der Waals surface area contributed by atoms with Gasteiger partial charge in [-0.3, -0.25) is 38.9 Å². The number of alkyl halides is 3. The number of carbonyl (C=O) groups excluding carboxylic acids is 5. The molecule has 5 amide bonds. The van der Waals surface area contributed by atoms with Crippen molar-refractivity contribution in [3.05, 3.63) is 71.0 Å². The number of amides is 5. The van der Waals surface area contributed by atoms with Crippen molar-refractivity contribution < 1.29 is 37.1 Å². The highest BCUT2D eigenvalue weighted by Crippen LogP contribution is 2.44. The maximum Gasteiger partial charge on any atom is 0.416 e. The van der Waals surface area contributed by atoms with E-state index in [1.807, 2.05) is 9.80 Å². The minimum Gasteiger partial charge on any atom is -0.370 e. The minimum absolute atomic E-state index is 0.00218. The average molecular weight is 756 g/mol. The Morgan fingerprint density at radius 1 is 0.891 bits per heavy atom. The monoisotopic (exact) mass is 755 g/mol. The van der Waals surface area contributed by atoms with Gasteiger partial charge in [0.25, 0.3) is 17.7 Å². The van der Waals surface area contributed by atoms with Gasteiger partial charge in [-0.05, 0) is 94.2 Å². The first-order valence-corrected chi connectivity index (χ1v) is 18.6. The molecule has 2 N–H and O–H groups in total. The molecule has 0 radical (unpaired) electrons. The maximum absolute atomic E-state index is 13.7. The van der Waals surface area contributed by atoms with Crippen molar-refractivity contribution in [3.63, 3.8) is 0 Å². The maximum atomic E-state index is 13.7. The molecule has 5 heterocycles. The van der Waals surface area contributed by atoms with Gasteiger partial charge in [-0.25, -0.2) is 0 Å². The third-order valence-corrected chi connectivity index (χ3v) is 11.5. The smallest absolute Gasteiger partial charge is 0.370 e. The van der Waals surface area contributed by atoms with Crippen LogP contribution in [0.1, 0.15) is 84.2 Å². The predicted molar refractivity (Wildman–Crippen MR) is 195 cm³/mol. The number of aromatic nitrogens is 2. The molecule has 3 saturated heterocycles. The van der Waals surface area contributed by atoms with Gasteiger partial charge in [-0.15, -0.1) is 0 Å². The van der Waals surface area contributed by atoms with E-state index in [0.29, 0.717) is 49.0 Å².